The monoisotopic (exact) mass is 480 g/mol. The number of carbonyl (C=O) groups excluding carboxylic acids is 2. The number of aliphatic carboxylic acids is 1. The molecule has 2 aromatic rings. The summed E-state index contributed by atoms with van der Waals surface area (Å²) in [6, 6.07) is 15.8. The zero-order valence-electron chi connectivity index (χ0n) is 20.2. The molecule has 2 unspecified atom stereocenters. The fraction of sp³-hybridized carbons (Fsp3) is 0.444. The molecule has 0 aromatic heterocycles. The highest BCUT2D eigenvalue weighted by atomic mass is 16.5. The number of carboxylic acids is 1. The number of nitrogens with zero attached hydrogens (tertiary/aromatic N) is 1. The highest BCUT2D eigenvalue weighted by Crippen LogP contribution is 2.44. The lowest BCUT2D eigenvalue weighted by atomic mass is 9.83. The van der Waals surface area contributed by atoms with E-state index in [2.05, 4.69) is 29.6 Å². The SMILES string of the molecule is COCCN(CC(=O)O)C(=O)C1(C)CCCC1NC(=O)OCC1c2ccccc2-c2ccccc21. The second-order valence-electron chi connectivity index (χ2n) is 9.45. The first-order valence-corrected chi connectivity index (χ1v) is 12.0. The largest absolute Gasteiger partial charge is 0.480 e. The molecule has 2 aromatic carbocycles. The third-order valence-electron chi connectivity index (χ3n) is 7.26. The van der Waals surface area contributed by atoms with Crippen LogP contribution in [0.15, 0.2) is 48.5 Å². The maximum absolute atomic E-state index is 13.4. The van der Waals surface area contributed by atoms with Gasteiger partial charge in [0.25, 0.3) is 0 Å². The minimum Gasteiger partial charge on any atom is -0.480 e. The molecule has 0 spiro atoms. The molecule has 8 heteroatoms. The summed E-state index contributed by atoms with van der Waals surface area (Å²) in [5, 5.41) is 12.2. The van der Waals surface area contributed by atoms with Crippen molar-refractivity contribution in [3.63, 3.8) is 0 Å². The lowest BCUT2D eigenvalue weighted by Gasteiger charge is -2.35. The molecular formula is C27H32N2O6. The lowest BCUT2D eigenvalue weighted by Crippen LogP contribution is -2.54. The van der Waals surface area contributed by atoms with Crippen molar-refractivity contribution in [3.05, 3.63) is 59.7 Å². The van der Waals surface area contributed by atoms with Crippen LogP contribution in [0.1, 0.15) is 43.2 Å². The average molecular weight is 481 g/mol. The van der Waals surface area contributed by atoms with Gasteiger partial charge in [0, 0.05) is 25.6 Å². The molecule has 1 saturated carbocycles. The van der Waals surface area contributed by atoms with E-state index in [1.807, 2.05) is 24.3 Å². The van der Waals surface area contributed by atoms with E-state index in [0.717, 1.165) is 28.7 Å². The van der Waals surface area contributed by atoms with Crippen LogP contribution in [0.4, 0.5) is 4.79 Å². The van der Waals surface area contributed by atoms with Gasteiger partial charge in [0.1, 0.15) is 13.2 Å². The van der Waals surface area contributed by atoms with Crippen molar-refractivity contribution in [1.82, 2.24) is 10.2 Å². The number of fused-ring (bicyclic) bond motifs is 3. The molecule has 0 aliphatic heterocycles. The summed E-state index contributed by atoms with van der Waals surface area (Å²) in [7, 11) is 1.50. The molecule has 4 rings (SSSR count). The fourth-order valence-corrected chi connectivity index (χ4v) is 5.41. The van der Waals surface area contributed by atoms with Crippen molar-refractivity contribution in [1.29, 1.82) is 0 Å². The number of ether oxygens (including phenoxy) is 2. The van der Waals surface area contributed by atoms with Crippen LogP contribution in [-0.4, -0.2) is 67.4 Å². The van der Waals surface area contributed by atoms with Gasteiger partial charge in [0.2, 0.25) is 5.91 Å². The molecule has 2 N–H and O–H groups in total. The van der Waals surface area contributed by atoms with Crippen LogP contribution < -0.4 is 5.32 Å². The molecule has 2 atom stereocenters. The number of amides is 2. The third-order valence-corrected chi connectivity index (χ3v) is 7.26. The maximum atomic E-state index is 13.4. The molecule has 8 nitrogen and oxygen atoms in total. The van der Waals surface area contributed by atoms with Gasteiger partial charge in [-0.3, -0.25) is 9.59 Å². The molecule has 0 radical (unpaired) electrons. The Hall–Kier alpha value is -3.39. The van der Waals surface area contributed by atoms with Gasteiger partial charge in [-0.15, -0.1) is 0 Å². The van der Waals surface area contributed by atoms with Crippen LogP contribution in [0, 0.1) is 5.41 Å². The van der Waals surface area contributed by atoms with Crippen LogP contribution in [-0.2, 0) is 19.1 Å². The quantitative estimate of drug-likeness (QED) is 0.568. The molecule has 0 saturated heterocycles. The molecule has 1 fully saturated rings. The minimum absolute atomic E-state index is 0.0511. The van der Waals surface area contributed by atoms with Gasteiger partial charge < -0.3 is 24.8 Å². The number of nitrogens with one attached hydrogen (secondary N) is 1. The normalized spacial score (nSPS) is 20.7. The minimum atomic E-state index is -1.09. The van der Waals surface area contributed by atoms with Crippen molar-refractivity contribution in [2.75, 3.05) is 33.4 Å². The van der Waals surface area contributed by atoms with Crippen LogP contribution in [0.5, 0.6) is 0 Å². The van der Waals surface area contributed by atoms with Crippen molar-refractivity contribution >= 4 is 18.0 Å². The summed E-state index contributed by atoms with van der Waals surface area (Å²) >= 11 is 0. The Balaban J connectivity index is 1.42. The summed E-state index contributed by atoms with van der Waals surface area (Å²) in [6.07, 6.45) is 1.36. The first-order valence-electron chi connectivity index (χ1n) is 12.0. The van der Waals surface area contributed by atoms with Gasteiger partial charge in [-0.25, -0.2) is 4.79 Å². The molecule has 2 amide bonds. The number of hydrogen-bond donors (Lipinski definition) is 2. The Morgan fingerprint density at radius 1 is 1.09 bits per heavy atom. The maximum Gasteiger partial charge on any atom is 0.407 e. The van der Waals surface area contributed by atoms with Crippen molar-refractivity contribution in [2.24, 2.45) is 5.41 Å². The van der Waals surface area contributed by atoms with Crippen molar-refractivity contribution in [3.8, 4) is 11.1 Å². The number of carbonyl (C=O) groups is 3. The first-order chi connectivity index (χ1) is 16.8. The van der Waals surface area contributed by atoms with Gasteiger partial charge >= 0.3 is 12.1 Å². The fourth-order valence-electron chi connectivity index (χ4n) is 5.41. The number of hydrogen-bond acceptors (Lipinski definition) is 5. The molecule has 35 heavy (non-hydrogen) atoms. The molecular weight excluding hydrogens is 448 g/mol. The van der Waals surface area contributed by atoms with Crippen LogP contribution in [0.3, 0.4) is 0 Å². The van der Waals surface area contributed by atoms with Crippen molar-refractivity contribution in [2.45, 2.75) is 38.1 Å². The number of rotatable bonds is 9. The Bertz CT molecular complexity index is 1060. The predicted octanol–water partition coefficient (Wildman–Crippen LogP) is 3.64. The van der Waals surface area contributed by atoms with Crippen LogP contribution in [0.25, 0.3) is 11.1 Å². The summed E-state index contributed by atoms with van der Waals surface area (Å²) in [6.45, 7) is 1.98. The summed E-state index contributed by atoms with van der Waals surface area (Å²) in [5.74, 6) is -1.43. The smallest absolute Gasteiger partial charge is 0.407 e. The number of carboxylic acid groups (broad SMARTS) is 1. The van der Waals surface area contributed by atoms with Crippen LogP contribution in [0.2, 0.25) is 0 Å². The van der Waals surface area contributed by atoms with E-state index in [0.29, 0.717) is 12.8 Å². The Morgan fingerprint density at radius 2 is 1.71 bits per heavy atom. The van der Waals surface area contributed by atoms with Gasteiger partial charge in [-0.2, -0.15) is 0 Å². The molecule has 2 aliphatic rings. The second-order valence-corrected chi connectivity index (χ2v) is 9.45. The molecule has 2 aliphatic carbocycles. The summed E-state index contributed by atoms with van der Waals surface area (Å²) in [5.41, 5.74) is 3.66. The van der Waals surface area contributed by atoms with E-state index in [9.17, 15) is 19.5 Å². The van der Waals surface area contributed by atoms with E-state index in [1.54, 1.807) is 6.92 Å². The highest BCUT2D eigenvalue weighted by Gasteiger charge is 2.48. The highest BCUT2D eigenvalue weighted by molar-refractivity contribution is 5.87. The number of alkyl carbamates (subject to hydrolysis) is 1. The zero-order chi connectivity index (χ0) is 25.0. The topological polar surface area (TPSA) is 105 Å². The summed E-state index contributed by atoms with van der Waals surface area (Å²) in [4.78, 5) is 38.8. The molecule has 186 valence electrons. The molecule has 0 bridgehead atoms. The number of methoxy groups -OCH3 is 1. The zero-order valence-corrected chi connectivity index (χ0v) is 20.2. The van der Waals surface area contributed by atoms with Gasteiger partial charge in [0.15, 0.2) is 0 Å². The standard InChI is InChI=1S/C27H32N2O6/c1-27(25(32)29(14-15-34-2)16-24(30)31)13-7-12-23(27)28-26(33)35-17-22-20-10-5-3-8-18(20)19-9-4-6-11-21(19)22/h3-6,8-11,22-23H,7,12-17H2,1-2H3,(H,28,33)(H,30,31). The van der Waals surface area contributed by atoms with Gasteiger partial charge in [-0.05, 0) is 42.0 Å². The Kier molecular flexibility index (Phi) is 7.40. The number of benzene rings is 2. The predicted molar refractivity (Wildman–Crippen MR) is 130 cm³/mol. The lowest BCUT2D eigenvalue weighted by molar-refractivity contribution is -0.150. The van der Waals surface area contributed by atoms with E-state index in [1.165, 1.54) is 12.0 Å². The second kappa shape index (κ2) is 10.5. The van der Waals surface area contributed by atoms with E-state index < -0.39 is 30.1 Å². The van der Waals surface area contributed by atoms with E-state index in [-0.39, 0.29) is 31.6 Å². The Morgan fingerprint density at radius 3 is 2.31 bits per heavy atom. The average Bonchev–Trinajstić information content (AvgIpc) is 3.38. The third kappa shape index (κ3) is 5.03. The first kappa shape index (κ1) is 24.7. The van der Waals surface area contributed by atoms with E-state index in [4.69, 9.17) is 9.47 Å². The van der Waals surface area contributed by atoms with Crippen molar-refractivity contribution < 1.29 is 29.0 Å². The Labute approximate surface area is 205 Å². The van der Waals surface area contributed by atoms with Gasteiger partial charge in [0.05, 0.1) is 12.0 Å². The van der Waals surface area contributed by atoms with Crippen LogP contribution >= 0.6 is 0 Å². The van der Waals surface area contributed by atoms with E-state index >= 15 is 0 Å². The molecule has 0 heterocycles. The van der Waals surface area contributed by atoms with Gasteiger partial charge in [-0.1, -0.05) is 55.0 Å². The summed E-state index contributed by atoms with van der Waals surface area (Å²) < 4.78 is 10.7.